The Balaban J connectivity index is 1.97. The zero-order valence-corrected chi connectivity index (χ0v) is 12.5. The Morgan fingerprint density at radius 1 is 1.00 bits per heavy atom. The van der Waals surface area contributed by atoms with Crippen molar-refractivity contribution in [1.29, 1.82) is 0 Å². The van der Waals surface area contributed by atoms with E-state index in [9.17, 15) is 0 Å². The van der Waals surface area contributed by atoms with Crippen molar-refractivity contribution in [2.75, 3.05) is 20.2 Å². The van der Waals surface area contributed by atoms with E-state index in [-0.39, 0.29) is 6.10 Å². The van der Waals surface area contributed by atoms with E-state index in [4.69, 9.17) is 4.74 Å². The molecule has 3 rings (SSSR count). The molecule has 2 atom stereocenters. The first kappa shape index (κ1) is 14.3. The molecule has 1 heterocycles. The molecule has 2 aromatic carbocycles. The van der Waals surface area contributed by atoms with Crippen molar-refractivity contribution in [3.8, 4) is 0 Å². The van der Waals surface area contributed by atoms with E-state index >= 15 is 0 Å². The number of rotatable bonds is 5. The third-order valence-electron chi connectivity index (χ3n) is 4.38. The van der Waals surface area contributed by atoms with Gasteiger partial charge in [-0.15, -0.1) is 0 Å². The van der Waals surface area contributed by atoms with Crippen molar-refractivity contribution in [3.05, 3.63) is 71.8 Å². The minimum Gasteiger partial charge on any atom is -0.377 e. The summed E-state index contributed by atoms with van der Waals surface area (Å²) >= 11 is 0. The van der Waals surface area contributed by atoms with Gasteiger partial charge in [0.1, 0.15) is 0 Å². The van der Waals surface area contributed by atoms with E-state index in [0.29, 0.717) is 11.8 Å². The van der Waals surface area contributed by atoms with E-state index in [0.717, 1.165) is 19.6 Å². The van der Waals surface area contributed by atoms with Gasteiger partial charge in [-0.3, -0.25) is 0 Å². The molecule has 1 aliphatic heterocycles. The van der Waals surface area contributed by atoms with Gasteiger partial charge in [-0.1, -0.05) is 60.7 Å². The molecule has 0 amide bonds. The summed E-state index contributed by atoms with van der Waals surface area (Å²) in [6.45, 7) is 1.88. The second-order valence-corrected chi connectivity index (χ2v) is 5.74. The Bertz CT molecular complexity index is 501. The monoisotopic (exact) mass is 281 g/mol. The highest BCUT2D eigenvalue weighted by atomic mass is 16.5. The molecule has 1 saturated heterocycles. The largest absolute Gasteiger partial charge is 0.377 e. The third kappa shape index (κ3) is 3.17. The molecule has 1 fully saturated rings. The minimum atomic E-state index is 0.252. The number of hydrogen-bond donors (Lipinski definition) is 1. The molecule has 1 N–H and O–H groups in total. The van der Waals surface area contributed by atoms with Crippen LogP contribution in [-0.4, -0.2) is 26.3 Å². The van der Waals surface area contributed by atoms with Crippen molar-refractivity contribution in [2.45, 2.75) is 18.4 Å². The number of nitrogens with one attached hydrogen (secondary N) is 1. The topological polar surface area (TPSA) is 21.3 Å². The first-order chi connectivity index (χ1) is 10.4. The van der Waals surface area contributed by atoms with Gasteiger partial charge >= 0.3 is 0 Å². The first-order valence-corrected chi connectivity index (χ1v) is 7.76. The second-order valence-electron chi connectivity index (χ2n) is 5.74. The van der Waals surface area contributed by atoms with Gasteiger partial charge < -0.3 is 10.1 Å². The standard InChI is InChI=1S/C19H23NO/c1-20-14-17-12-13-21-19(17)18(15-8-4-2-5-9-15)16-10-6-3-7-11-16/h2-11,17-20H,12-14H2,1H3. The van der Waals surface area contributed by atoms with Crippen LogP contribution in [0.25, 0.3) is 0 Å². The van der Waals surface area contributed by atoms with Crippen LogP contribution in [0.15, 0.2) is 60.7 Å². The molecule has 0 radical (unpaired) electrons. The zero-order valence-electron chi connectivity index (χ0n) is 12.5. The number of benzene rings is 2. The van der Waals surface area contributed by atoms with Gasteiger partial charge in [0.15, 0.2) is 0 Å². The molecule has 2 heteroatoms. The Hall–Kier alpha value is -1.64. The van der Waals surface area contributed by atoms with E-state index in [2.05, 4.69) is 66.0 Å². The fourth-order valence-electron chi connectivity index (χ4n) is 3.40. The van der Waals surface area contributed by atoms with Gasteiger partial charge in [0.2, 0.25) is 0 Å². The van der Waals surface area contributed by atoms with Crippen molar-refractivity contribution < 1.29 is 4.74 Å². The molecule has 0 spiro atoms. The predicted molar refractivity (Wildman–Crippen MR) is 86.5 cm³/mol. The predicted octanol–water partition coefficient (Wildman–Crippen LogP) is 3.44. The van der Waals surface area contributed by atoms with Crippen LogP contribution >= 0.6 is 0 Å². The lowest BCUT2D eigenvalue weighted by atomic mass is 9.81. The molecule has 2 aromatic rings. The molecule has 21 heavy (non-hydrogen) atoms. The Morgan fingerprint density at radius 2 is 1.57 bits per heavy atom. The van der Waals surface area contributed by atoms with Crippen molar-refractivity contribution in [2.24, 2.45) is 5.92 Å². The highest BCUT2D eigenvalue weighted by Gasteiger charge is 2.36. The molecule has 110 valence electrons. The fraction of sp³-hybridized carbons (Fsp3) is 0.368. The van der Waals surface area contributed by atoms with Crippen LogP contribution in [0.4, 0.5) is 0 Å². The highest BCUT2D eigenvalue weighted by molar-refractivity contribution is 5.34. The van der Waals surface area contributed by atoms with Crippen LogP contribution in [0.5, 0.6) is 0 Å². The maximum atomic E-state index is 6.15. The van der Waals surface area contributed by atoms with E-state index in [1.165, 1.54) is 11.1 Å². The van der Waals surface area contributed by atoms with Crippen LogP contribution in [-0.2, 0) is 4.74 Å². The SMILES string of the molecule is CNCC1CCOC1C(c1ccccc1)c1ccccc1. The van der Waals surface area contributed by atoms with Crippen molar-refractivity contribution in [3.63, 3.8) is 0 Å². The summed E-state index contributed by atoms with van der Waals surface area (Å²) in [5, 5.41) is 3.32. The summed E-state index contributed by atoms with van der Waals surface area (Å²) < 4.78 is 6.15. The Morgan fingerprint density at radius 3 is 2.10 bits per heavy atom. The average Bonchev–Trinajstić information content (AvgIpc) is 2.98. The lowest BCUT2D eigenvalue weighted by Crippen LogP contribution is -2.31. The van der Waals surface area contributed by atoms with Gasteiger partial charge in [0.25, 0.3) is 0 Å². The molecule has 1 aliphatic rings. The van der Waals surface area contributed by atoms with Crippen LogP contribution in [0.1, 0.15) is 23.5 Å². The van der Waals surface area contributed by atoms with Crippen LogP contribution in [0.3, 0.4) is 0 Å². The fourth-order valence-corrected chi connectivity index (χ4v) is 3.40. The summed E-state index contributed by atoms with van der Waals surface area (Å²) in [5.41, 5.74) is 2.69. The maximum Gasteiger partial charge on any atom is 0.0725 e. The smallest absolute Gasteiger partial charge is 0.0725 e. The lowest BCUT2D eigenvalue weighted by molar-refractivity contribution is 0.0775. The second kappa shape index (κ2) is 6.88. The summed E-state index contributed by atoms with van der Waals surface area (Å²) in [6, 6.07) is 21.5. The molecular formula is C19H23NO. The van der Waals surface area contributed by atoms with E-state index < -0.39 is 0 Å². The van der Waals surface area contributed by atoms with Crippen LogP contribution < -0.4 is 5.32 Å². The summed E-state index contributed by atoms with van der Waals surface area (Å²) in [4.78, 5) is 0. The molecular weight excluding hydrogens is 258 g/mol. The molecule has 0 aliphatic carbocycles. The normalized spacial score (nSPS) is 21.8. The van der Waals surface area contributed by atoms with Gasteiger partial charge in [-0.05, 0) is 24.6 Å². The van der Waals surface area contributed by atoms with Crippen molar-refractivity contribution in [1.82, 2.24) is 5.32 Å². The Kier molecular flexibility index (Phi) is 4.69. The van der Waals surface area contributed by atoms with Gasteiger partial charge in [-0.2, -0.15) is 0 Å². The highest BCUT2D eigenvalue weighted by Crippen LogP contribution is 2.37. The molecule has 0 saturated carbocycles. The van der Waals surface area contributed by atoms with Crippen LogP contribution in [0, 0.1) is 5.92 Å². The van der Waals surface area contributed by atoms with Gasteiger partial charge in [-0.25, -0.2) is 0 Å². The maximum absolute atomic E-state index is 6.15. The summed E-state index contributed by atoms with van der Waals surface area (Å²) in [7, 11) is 2.02. The Labute approximate surface area is 127 Å². The van der Waals surface area contributed by atoms with Gasteiger partial charge in [0, 0.05) is 25.0 Å². The molecule has 2 nitrogen and oxygen atoms in total. The van der Waals surface area contributed by atoms with E-state index in [1.54, 1.807) is 0 Å². The molecule has 2 unspecified atom stereocenters. The quantitative estimate of drug-likeness (QED) is 0.906. The molecule has 0 aromatic heterocycles. The molecule has 0 bridgehead atoms. The summed E-state index contributed by atoms with van der Waals surface area (Å²) in [5.74, 6) is 0.883. The average molecular weight is 281 g/mol. The number of ether oxygens (including phenoxy) is 1. The first-order valence-electron chi connectivity index (χ1n) is 7.76. The van der Waals surface area contributed by atoms with Gasteiger partial charge in [0.05, 0.1) is 6.10 Å². The third-order valence-corrected chi connectivity index (χ3v) is 4.38. The van der Waals surface area contributed by atoms with E-state index in [1.807, 2.05) is 7.05 Å². The zero-order chi connectivity index (χ0) is 14.5. The number of hydrogen-bond acceptors (Lipinski definition) is 2. The minimum absolute atomic E-state index is 0.252. The van der Waals surface area contributed by atoms with Crippen molar-refractivity contribution >= 4 is 0 Å². The van der Waals surface area contributed by atoms with Crippen LogP contribution in [0.2, 0.25) is 0 Å². The lowest BCUT2D eigenvalue weighted by Gasteiger charge is -2.28. The summed E-state index contributed by atoms with van der Waals surface area (Å²) in [6.07, 6.45) is 1.39.